The Morgan fingerprint density at radius 2 is 0.772 bits per heavy atom. The van der Waals surface area contributed by atoms with Crippen LogP contribution in [0.2, 0.25) is 0 Å². The molecule has 5 rings (SSSR count). The number of carboxylic acid groups (broad SMARTS) is 1. The van der Waals surface area contributed by atoms with Gasteiger partial charge in [-0.2, -0.15) is 0 Å². The summed E-state index contributed by atoms with van der Waals surface area (Å²) < 4.78 is 49.5. The van der Waals surface area contributed by atoms with Gasteiger partial charge in [0.1, 0.15) is 116 Å². The van der Waals surface area contributed by atoms with E-state index in [-0.39, 0.29) is 0 Å². The molecule has 0 aromatic rings. The molecule has 27 heteroatoms. The van der Waals surface area contributed by atoms with Gasteiger partial charge in [-0.05, 0) is 0 Å². The van der Waals surface area contributed by atoms with E-state index in [1.54, 1.807) is 0 Å². The van der Waals surface area contributed by atoms with Gasteiger partial charge in [-0.1, -0.05) is 0 Å². The number of hydrogen-bond donors (Lipinski definition) is 17. The van der Waals surface area contributed by atoms with Crippen molar-refractivity contribution < 1.29 is 134 Å². The summed E-state index contributed by atoms with van der Waals surface area (Å²) in [5.74, 6) is -1.84. The van der Waals surface area contributed by atoms with Gasteiger partial charge in [0.2, 0.25) is 0 Å². The Balaban J connectivity index is 1.46. The summed E-state index contributed by atoms with van der Waals surface area (Å²) in [5, 5.41) is 176. The highest BCUT2D eigenvalue weighted by molar-refractivity contribution is 5.73. The van der Waals surface area contributed by atoms with Crippen LogP contribution in [0, 0.1) is 0 Å². The SMILES string of the molecule is O=C(O)[C@H]1O[C@H](O[C@@H]2[C@H](O)[C@H](O[C@H]3[C@H](O)[C@@H](O)[C@@H](O)O[C@@H]3CO)O[C@H](CO)[C@H]2O[C@@H]2O[C@H](CO)[C@@H](O)[C@H](O[C@H]3O[C@H](CO)[C@@H](O)[C@H](O)[C@H]3O)[C@H]2O)[C@@H](O)[C@@H](O)[C@@H]1O. The zero-order chi connectivity index (χ0) is 42.2. The van der Waals surface area contributed by atoms with Gasteiger partial charge in [-0.3, -0.25) is 0 Å². The normalized spacial score (nSPS) is 52.4. The van der Waals surface area contributed by atoms with Crippen molar-refractivity contribution in [2.24, 2.45) is 0 Å². The van der Waals surface area contributed by atoms with Gasteiger partial charge in [0.25, 0.3) is 0 Å². The highest BCUT2D eigenvalue weighted by Crippen LogP contribution is 2.36. The van der Waals surface area contributed by atoms with Gasteiger partial charge in [0.15, 0.2) is 37.6 Å². The fraction of sp³-hybridized carbons (Fsp3) is 0.967. The monoisotopic (exact) mass is 842 g/mol. The molecule has 0 aromatic heterocycles. The summed E-state index contributed by atoms with van der Waals surface area (Å²) in [6, 6.07) is 0. The maximum Gasteiger partial charge on any atom is 0.335 e. The lowest BCUT2D eigenvalue weighted by molar-refractivity contribution is -0.403. The summed E-state index contributed by atoms with van der Waals surface area (Å²) in [5.41, 5.74) is 0. The van der Waals surface area contributed by atoms with Crippen LogP contribution in [0.1, 0.15) is 0 Å². The molecular formula is C30H50O27. The van der Waals surface area contributed by atoms with Gasteiger partial charge in [0, 0.05) is 0 Å². The van der Waals surface area contributed by atoms with Gasteiger partial charge < -0.3 is 129 Å². The van der Waals surface area contributed by atoms with Crippen LogP contribution in [0.4, 0.5) is 0 Å². The number of aliphatic hydroxyl groups excluding tert-OH is 16. The van der Waals surface area contributed by atoms with Crippen LogP contribution in [-0.4, -0.2) is 273 Å². The van der Waals surface area contributed by atoms with E-state index < -0.39 is 186 Å². The average Bonchev–Trinajstić information content (AvgIpc) is 3.19. The van der Waals surface area contributed by atoms with E-state index in [9.17, 15) is 91.6 Å². The second-order valence-electron chi connectivity index (χ2n) is 14.0. The van der Waals surface area contributed by atoms with Crippen molar-refractivity contribution in [1.82, 2.24) is 0 Å². The molecule has 332 valence electrons. The minimum absolute atomic E-state index is 0.883. The van der Waals surface area contributed by atoms with Crippen molar-refractivity contribution in [2.75, 3.05) is 26.4 Å². The van der Waals surface area contributed by atoms with Crippen LogP contribution in [-0.2, 0) is 47.4 Å². The molecule has 5 aliphatic heterocycles. The second-order valence-corrected chi connectivity index (χ2v) is 14.0. The fourth-order valence-corrected chi connectivity index (χ4v) is 7.00. The molecule has 5 fully saturated rings. The van der Waals surface area contributed by atoms with Crippen molar-refractivity contribution in [3.8, 4) is 0 Å². The third-order valence-electron chi connectivity index (χ3n) is 10.3. The molecular weight excluding hydrogens is 792 g/mol. The molecule has 25 atom stereocenters. The topological polar surface area (TPSA) is 444 Å². The van der Waals surface area contributed by atoms with Crippen LogP contribution in [0.3, 0.4) is 0 Å². The van der Waals surface area contributed by atoms with Crippen molar-refractivity contribution in [2.45, 2.75) is 154 Å². The number of carbonyl (C=O) groups is 1. The quantitative estimate of drug-likeness (QED) is 0.0818. The Bertz CT molecular complexity index is 1280. The van der Waals surface area contributed by atoms with Crippen molar-refractivity contribution in [1.29, 1.82) is 0 Å². The van der Waals surface area contributed by atoms with Gasteiger partial charge >= 0.3 is 5.97 Å². The van der Waals surface area contributed by atoms with Crippen LogP contribution in [0.5, 0.6) is 0 Å². The number of carboxylic acids is 1. The van der Waals surface area contributed by atoms with Crippen molar-refractivity contribution >= 4 is 5.97 Å². The van der Waals surface area contributed by atoms with Crippen molar-refractivity contribution in [3.63, 3.8) is 0 Å². The Labute approximate surface area is 320 Å². The van der Waals surface area contributed by atoms with E-state index >= 15 is 0 Å². The molecule has 5 saturated heterocycles. The van der Waals surface area contributed by atoms with E-state index in [1.165, 1.54) is 0 Å². The lowest BCUT2D eigenvalue weighted by Crippen LogP contribution is -2.69. The molecule has 5 heterocycles. The predicted octanol–water partition coefficient (Wildman–Crippen LogP) is -11.8. The smallest absolute Gasteiger partial charge is 0.335 e. The molecule has 5 aliphatic rings. The number of rotatable bonds is 13. The summed E-state index contributed by atoms with van der Waals surface area (Å²) in [6.07, 6.45) is -50.3. The molecule has 0 radical (unpaired) electrons. The first-order valence-electron chi connectivity index (χ1n) is 17.6. The first kappa shape index (κ1) is 46.5. The Morgan fingerprint density at radius 3 is 1.32 bits per heavy atom. The van der Waals surface area contributed by atoms with E-state index in [2.05, 4.69) is 0 Å². The molecule has 17 N–H and O–H groups in total. The summed E-state index contributed by atoms with van der Waals surface area (Å²) in [6.45, 7) is -3.95. The average molecular weight is 843 g/mol. The molecule has 27 nitrogen and oxygen atoms in total. The zero-order valence-corrected chi connectivity index (χ0v) is 29.4. The fourth-order valence-electron chi connectivity index (χ4n) is 7.00. The number of hydrogen-bond acceptors (Lipinski definition) is 26. The molecule has 0 aromatic carbocycles. The molecule has 0 aliphatic carbocycles. The largest absolute Gasteiger partial charge is 0.479 e. The maximum atomic E-state index is 11.8. The molecule has 0 unspecified atom stereocenters. The zero-order valence-electron chi connectivity index (χ0n) is 29.4. The summed E-state index contributed by atoms with van der Waals surface area (Å²) in [7, 11) is 0. The van der Waals surface area contributed by atoms with Gasteiger partial charge in [-0.25, -0.2) is 4.79 Å². The van der Waals surface area contributed by atoms with Gasteiger partial charge in [0.05, 0.1) is 26.4 Å². The lowest BCUT2D eigenvalue weighted by atomic mass is 9.95. The van der Waals surface area contributed by atoms with Crippen LogP contribution in [0.25, 0.3) is 0 Å². The van der Waals surface area contributed by atoms with Crippen LogP contribution >= 0.6 is 0 Å². The van der Waals surface area contributed by atoms with Gasteiger partial charge in [-0.15, -0.1) is 0 Å². The number of aliphatic carboxylic acids is 1. The van der Waals surface area contributed by atoms with E-state index in [1.807, 2.05) is 0 Å². The Morgan fingerprint density at radius 1 is 0.368 bits per heavy atom. The minimum Gasteiger partial charge on any atom is -0.479 e. The highest BCUT2D eigenvalue weighted by atomic mass is 16.8. The third-order valence-corrected chi connectivity index (χ3v) is 10.3. The molecule has 0 amide bonds. The Hall–Kier alpha value is -1.53. The first-order valence-corrected chi connectivity index (χ1v) is 17.6. The van der Waals surface area contributed by atoms with Crippen LogP contribution < -0.4 is 0 Å². The predicted molar refractivity (Wildman–Crippen MR) is 167 cm³/mol. The van der Waals surface area contributed by atoms with E-state index in [0.29, 0.717) is 0 Å². The Kier molecular flexibility index (Phi) is 15.9. The molecule has 0 saturated carbocycles. The standard InChI is InChI=1S/C30H50O27/c31-1-5-9(35)11(37)16(42)27(50-5)55-22-10(36)6(2-32)51-29(18(22)44)54-21-8(4-34)52-30(53-20-7(3-33)49-26(48)15(41)14(20)40)19(45)23(21)56-28-17(43)12(38)13(39)24(57-28)25(46)47/h5-24,26-45,48H,1-4H2,(H,46,47)/t5-,6-,7-,8-,9-,10-,11+,12+,13+,14-,15-,16-,17+,18-,19+,20-,21-,22+,23-,24+,26+,27-,28+,29+,30+/m1/s1. The first-order chi connectivity index (χ1) is 26.9. The molecule has 0 spiro atoms. The highest BCUT2D eigenvalue weighted by Gasteiger charge is 2.58. The van der Waals surface area contributed by atoms with Crippen molar-refractivity contribution in [3.05, 3.63) is 0 Å². The number of aliphatic hydroxyl groups is 16. The maximum absolute atomic E-state index is 11.8. The lowest BCUT2D eigenvalue weighted by Gasteiger charge is -2.50. The summed E-state index contributed by atoms with van der Waals surface area (Å²) >= 11 is 0. The van der Waals surface area contributed by atoms with E-state index in [0.717, 1.165) is 0 Å². The van der Waals surface area contributed by atoms with E-state index in [4.69, 9.17) is 42.6 Å². The summed E-state index contributed by atoms with van der Waals surface area (Å²) in [4.78, 5) is 11.8. The molecule has 0 bridgehead atoms. The third kappa shape index (κ3) is 9.38. The number of ether oxygens (including phenoxy) is 9. The molecule has 57 heavy (non-hydrogen) atoms. The minimum atomic E-state index is -2.29. The second kappa shape index (κ2) is 19.5. The van der Waals surface area contributed by atoms with Crippen LogP contribution in [0.15, 0.2) is 0 Å².